The molecule has 0 spiro atoms. The minimum Gasteiger partial charge on any atom is -0.488 e. The lowest BCUT2D eigenvalue weighted by molar-refractivity contribution is 0.305. The van der Waals surface area contributed by atoms with E-state index in [2.05, 4.69) is 63.2 Å². The molecule has 3 aromatic carbocycles. The van der Waals surface area contributed by atoms with Gasteiger partial charge in [0.2, 0.25) is 0 Å². The quantitative estimate of drug-likeness (QED) is 0.344. The van der Waals surface area contributed by atoms with Crippen LogP contribution in [0.3, 0.4) is 0 Å². The van der Waals surface area contributed by atoms with Crippen molar-refractivity contribution >= 4 is 38.6 Å². The molecule has 0 amide bonds. The molecule has 0 aliphatic rings. The van der Waals surface area contributed by atoms with Crippen LogP contribution in [-0.2, 0) is 6.61 Å². The summed E-state index contributed by atoms with van der Waals surface area (Å²) in [4.78, 5) is 7.83. The van der Waals surface area contributed by atoms with Crippen molar-refractivity contribution in [1.82, 2.24) is 9.97 Å². The van der Waals surface area contributed by atoms with Crippen molar-refractivity contribution in [2.75, 3.05) is 0 Å². The van der Waals surface area contributed by atoms with E-state index in [0.29, 0.717) is 23.8 Å². The maximum absolute atomic E-state index is 9.78. The Morgan fingerprint density at radius 2 is 1.83 bits per heavy atom. The number of imidazole rings is 1. The Kier molecular flexibility index (Phi) is 5.69. The van der Waals surface area contributed by atoms with Gasteiger partial charge in [-0.15, -0.1) is 0 Å². The molecule has 1 N–H and O–H groups in total. The lowest BCUT2D eigenvalue weighted by atomic mass is 10.1. The number of aromatic nitrogens is 2. The molecule has 0 radical (unpaired) electrons. The summed E-state index contributed by atoms with van der Waals surface area (Å²) >= 11 is 3.51. The third-order valence-corrected chi connectivity index (χ3v) is 5.29. The van der Waals surface area contributed by atoms with Crippen LogP contribution in [0.25, 0.3) is 22.7 Å². The van der Waals surface area contributed by atoms with Gasteiger partial charge in [0, 0.05) is 10.0 Å². The number of hydrogen-bond acceptors (Lipinski definition) is 3. The van der Waals surface area contributed by atoms with Crippen LogP contribution in [0.4, 0.5) is 0 Å². The number of rotatable bonds is 5. The van der Waals surface area contributed by atoms with E-state index in [-0.39, 0.29) is 0 Å². The molecule has 0 atom stereocenters. The molecule has 1 aromatic heterocycles. The summed E-state index contributed by atoms with van der Waals surface area (Å²) in [6.45, 7) is 4.54. The summed E-state index contributed by atoms with van der Waals surface area (Å²) in [5.41, 5.74) is 6.45. The summed E-state index contributed by atoms with van der Waals surface area (Å²) in [5, 5.41) is 9.78. The number of nitriles is 1. The third-order valence-electron chi connectivity index (χ3n) is 4.80. The highest BCUT2D eigenvalue weighted by Gasteiger charge is 2.11. The van der Waals surface area contributed by atoms with Crippen LogP contribution in [-0.4, -0.2) is 9.97 Å². The van der Waals surface area contributed by atoms with Crippen molar-refractivity contribution in [1.29, 1.82) is 5.26 Å². The monoisotopic (exact) mass is 457 g/mol. The zero-order valence-electron chi connectivity index (χ0n) is 16.7. The number of halogens is 1. The van der Waals surface area contributed by atoms with Crippen molar-refractivity contribution in [3.05, 3.63) is 93.2 Å². The number of ether oxygens (including phenoxy) is 1. The molecule has 0 saturated heterocycles. The molecule has 4 aromatic rings. The third kappa shape index (κ3) is 4.45. The fraction of sp³-hybridized carbons (Fsp3) is 0.120. The number of aromatic amines is 1. The van der Waals surface area contributed by atoms with Gasteiger partial charge in [-0.05, 0) is 61.4 Å². The molecule has 30 heavy (non-hydrogen) atoms. The van der Waals surface area contributed by atoms with E-state index >= 15 is 0 Å². The molecule has 0 saturated carbocycles. The van der Waals surface area contributed by atoms with Crippen molar-refractivity contribution in [3.63, 3.8) is 0 Å². The fourth-order valence-electron chi connectivity index (χ4n) is 3.17. The maximum Gasteiger partial charge on any atom is 0.149 e. The zero-order valence-corrected chi connectivity index (χ0v) is 18.3. The number of allylic oxidation sites excluding steroid dienone is 1. The van der Waals surface area contributed by atoms with Gasteiger partial charge < -0.3 is 9.72 Å². The number of hydrogen-bond donors (Lipinski definition) is 1. The Balaban J connectivity index is 1.67. The molecular formula is C25H20BrN3O. The minimum absolute atomic E-state index is 0.446. The second-order valence-electron chi connectivity index (χ2n) is 7.23. The molecular weight excluding hydrogens is 438 g/mol. The van der Waals surface area contributed by atoms with Gasteiger partial charge in [0.05, 0.1) is 16.6 Å². The fourth-order valence-corrected chi connectivity index (χ4v) is 3.55. The van der Waals surface area contributed by atoms with Crippen LogP contribution in [0.15, 0.2) is 65.1 Å². The summed E-state index contributed by atoms with van der Waals surface area (Å²) in [6.07, 6.45) is 1.81. The Hall–Kier alpha value is -3.36. The van der Waals surface area contributed by atoms with Crippen LogP contribution in [0.2, 0.25) is 0 Å². The van der Waals surface area contributed by atoms with Crippen molar-refractivity contribution in [2.45, 2.75) is 20.5 Å². The zero-order chi connectivity index (χ0) is 21.1. The Labute approximate surface area is 184 Å². The minimum atomic E-state index is 0.446. The first-order chi connectivity index (χ1) is 14.5. The second kappa shape index (κ2) is 8.56. The standard InChI is InChI=1S/C25H20BrN3O/c1-16-3-6-18(7-4-16)15-30-24-10-8-21(26)13-19(24)12-20(14-27)25-28-22-9-5-17(2)11-23(22)29-25/h3-13H,15H2,1-2H3,(H,28,29). The van der Waals surface area contributed by atoms with Crippen LogP contribution in [0.1, 0.15) is 28.1 Å². The van der Waals surface area contributed by atoms with E-state index in [1.165, 1.54) is 5.56 Å². The number of fused-ring (bicyclic) bond motifs is 1. The van der Waals surface area contributed by atoms with E-state index in [1.807, 2.05) is 43.3 Å². The molecule has 1 heterocycles. The van der Waals surface area contributed by atoms with E-state index < -0.39 is 0 Å². The molecule has 4 rings (SSSR count). The molecule has 0 aliphatic carbocycles. The van der Waals surface area contributed by atoms with Crippen LogP contribution in [0, 0.1) is 25.2 Å². The Bertz CT molecular complexity index is 1280. The predicted octanol–water partition coefficient (Wildman–Crippen LogP) is 6.59. The van der Waals surface area contributed by atoms with Crippen molar-refractivity contribution < 1.29 is 4.74 Å². The molecule has 4 nitrogen and oxygen atoms in total. The average molecular weight is 458 g/mol. The highest BCUT2D eigenvalue weighted by Crippen LogP contribution is 2.28. The number of H-pyrrole nitrogens is 1. The summed E-state index contributed by atoms with van der Waals surface area (Å²) in [5.74, 6) is 1.25. The average Bonchev–Trinajstić information content (AvgIpc) is 3.15. The first-order valence-corrected chi connectivity index (χ1v) is 10.4. The van der Waals surface area contributed by atoms with Gasteiger partial charge in [-0.3, -0.25) is 0 Å². The van der Waals surface area contributed by atoms with Gasteiger partial charge in [-0.25, -0.2) is 4.98 Å². The van der Waals surface area contributed by atoms with Crippen LogP contribution in [0.5, 0.6) is 5.75 Å². The van der Waals surface area contributed by atoms with Gasteiger partial charge in [-0.1, -0.05) is 51.8 Å². The molecule has 148 valence electrons. The van der Waals surface area contributed by atoms with E-state index in [1.54, 1.807) is 6.08 Å². The summed E-state index contributed by atoms with van der Waals surface area (Å²) in [7, 11) is 0. The molecule has 0 bridgehead atoms. The molecule has 5 heteroatoms. The highest BCUT2D eigenvalue weighted by molar-refractivity contribution is 9.10. The topological polar surface area (TPSA) is 61.7 Å². The molecule has 0 fully saturated rings. The lowest BCUT2D eigenvalue weighted by Gasteiger charge is -2.10. The molecule has 0 aliphatic heterocycles. The SMILES string of the molecule is Cc1ccc(COc2ccc(Br)cc2C=C(C#N)c2nc3ccc(C)cc3[nH]2)cc1. The largest absolute Gasteiger partial charge is 0.488 e. The Morgan fingerprint density at radius 3 is 2.60 bits per heavy atom. The van der Waals surface area contributed by atoms with E-state index in [9.17, 15) is 5.26 Å². The van der Waals surface area contributed by atoms with Gasteiger partial charge in [0.1, 0.15) is 24.3 Å². The summed E-state index contributed by atoms with van der Waals surface area (Å²) in [6, 6.07) is 22.3. The first kappa shape index (κ1) is 19.9. The number of nitrogens with zero attached hydrogens (tertiary/aromatic N) is 2. The van der Waals surface area contributed by atoms with Gasteiger partial charge in [0.15, 0.2) is 0 Å². The van der Waals surface area contributed by atoms with Crippen molar-refractivity contribution in [3.8, 4) is 11.8 Å². The number of nitrogens with one attached hydrogen (secondary N) is 1. The van der Waals surface area contributed by atoms with E-state index in [0.717, 1.165) is 32.2 Å². The predicted molar refractivity (Wildman–Crippen MR) is 124 cm³/mol. The Morgan fingerprint density at radius 1 is 1.07 bits per heavy atom. The van der Waals surface area contributed by atoms with Gasteiger partial charge >= 0.3 is 0 Å². The normalized spacial score (nSPS) is 11.5. The van der Waals surface area contributed by atoms with Gasteiger partial charge in [-0.2, -0.15) is 5.26 Å². The highest BCUT2D eigenvalue weighted by atomic mass is 79.9. The van der Waals surface area contributed by atoms with Crippen LogP contribution >= 0.6 is 15.9 Å². The van der Waals surface area contributed by atoms with Crippen molar-refractivity contribution in [2.24, 2.45) is 0 Å². The summed E-state index contributed by atoms with van der Waals surface area (Å²) < 4.78 is 6.98. The smallest absolute Gasteiger partial charge is 0.149 e. The number of aryl methyl sites for hydroxylation is 2. The van der Waals surface area contributed by atoms with E-state index in [4.69, 9.17) is 4.74 Å². The number of benzene rings is 3. The maximum atomic E-state index is 9.78. The lowest BCUT2D eigenvalue weighted by Crippen LogP contribution is -1.97. The second-order valence-corrected chi connectivity index (χ2v) is 8.15. The first-order valence-electron chi connectivity index (χ1n) is 9.58. The molecule has 0 unspecified atom stereocenters. The van der Waals surface area contributed by atoms with Crippen LogP contribution < -0.4 is 4.74 Å². The van der Waals surface area contributed by atoms with Gasteiger partial charge in [0.25, 0.3) is 0 Å².